The molecule has 0 aliphatic rings. The van der Waals surface area contributed by atoms with E-state index >= 15 is 0 Å². The van der Waals surface area contributed by atoms with Crippen molar-refractivity contribution in [3.63, 3.8) is 0 Å². The van der Waals surface area contributed by atoms with Gasteiger partial charge in [-0.15, -0.1) is 0 Å². The van der Waals surface area contributed by atoms with E-state index in [-0.39, 0.29) is 12.5 Å². The topological polar surface area (TPSA) is 81.5 Å². The summed E-state index contributed by atoms with van der Waals surface area (Å²) < 4.78 is 0. The average Bonchev–Trinajstić information content (AvgIpc) is 3.27. The number of aliphatic hydroxyl groups excluding tert-OH is 1. The van der Waals surface area contributed by atoms with Crippen LogP contribution in [-0.4, -0.2) is 26.4 Å². The van der Waals surface area contributed by atoms with Crippen LogP contribution in [0.25, 0.3) is 22.2 Å². The summed E-state index contributed by atoms with van der Waals surface area (Å²) in [5.41, 5.74) is 4.79. The van der Waals surface area contributed by atoms with Gasteiger partial charge in [0.15, 0.2) is 5.88 Å². The monoisotopic (exact) mass is 349 g/mol. The third-order valence-electron chi connectivity index (χ3n) is 3.96. The van der Waals surface area contributed by atoms with Crippen LogP contribution >= 0.6 is 11.3 Å². The Labute approximate surface area is 148 Å². The van der Waals surface area contributed by atoms with Crippen molar-refractivity contribution < 1.29 is 10.2 Å². The molecular weight excluding hydrogens is 334 g/mol. The average molecular weight is 349 g/mol. The van der Waals surface area contributed by atoms with Crippen LogP contribution < -0.4 is 0 Å². The lowest BCUT2D eigenvalue weighted by Crippen LogP contribution is -1.84. The van der Waals surface area contributed by atoms with Gasteiger partial charge in [-0.1, -0.05) is 12.1 Å². The van der Waals surface area contributed by atoms with Crippen LogP contribution in [0.1, 0.15) is 11.1 Å². The van der Waals surface area contributed by atoms with Crippen molar-refractivity contribution in [2.45, 2.75) is 6.61 Å². The number of fused-ring (bicyclic) bond motifs is 1. The molecule has 0 atom stereocenters. The summed E-state index contributed by atoms with van der Waals surface area (Å²) in [5, 5.41) is 24.3. The van der Waals surface area contributed by atoms with Crippen molar-refractivity contribution in [1.29, 1.82) is 0 Å². The summed E-state index contributed by atoms with van der Waals surface area (Å²) >= 11 is 1.63. The number of nitrogens with one attached hydrogen (secondary N) is 1. The lowest BCUT2D eigenvalue weighted by molar-refractivity contribution is 0.282. The Morgan fingerprint density at radius 2 is 2.12 bits per heavy atom. The predicted octanol–water partition coefficient (Wildman–Crippen LogP) is 4.24. The SMILES string of the molecule is OCc1cccc(N=Cc2c(O)[nH]c3ncc(-c4ccsc4)cc23)c1. The number of aromatic nitrogens is 2. The highest BCUT2D eigenvalue weighted by atomic mass is 32.1. The fourth-order valence-electron chi connectivity index (χ4n) is 2.67. The van der Waals surface area contributed by atoms with Gasteiger partial charge in [-0.2, -0.15) is 11.3 Å². The number of aromatic hydroxyl groups is 1. The molecule has 0 aliphatic carbocycles. The molecule has 5 nitrogen and oxygen atoms in total. The van der Waals surface area contributed by atoms with Gasteiger partial charge in [-0.05, 0) is 46.2 Å². The molecule has 3 N–H and O–H groups in total. The second-order valence-corrected chi connectivity index (χ2v) is 6.39. The van der Waals surface area contributed by atoms with Crippen molar-refractivity contribution in [3.05, 3.63) is 64.5 Å². The minimum atomic E-state index is -0.0321. The van der Waals surface area contributed by atoms with E-state index in [1.54, 1.807) is 29.8 Å². The summed E-state index contributed by atoms with van der Waals surface area (Å²) in [4.78, 5) is 11.7. The van der Waals surface area contributed by atoms with Crippen LogP contribution in [0.3, 0.4) is 0 Å². The van der Waals surface area contributed by atoms with Crippen molar-refractivity contribution in [3.8, 4) is 17.0 Å². The molecule has 4 aromatic rings. The number of aromatic amines is 1. The van der Waals surface area contributed by atoms with E-state index in [2.05, 4.69) is 20.3 Å². The number of hydrogen-bond donors (Lipinski definition) is 3. The molecule has 3 aromatic heterocycles. The third kappa shape index (κ3) is 3.05. The Morgan fingerprint density at radius 1 is 1.20 bits per heavy atom. The smallest absolute Gasteiger partial charge is 0.199 e. The van der Waals surface area contributed by atoms with Gasteiger partial charge in [0.25, 0.3) is 0 Å². The maximum atomic E-state index is 10.2. The van der Waals surface area contributed by atoms with Crippen LogP contribution in [0.5, 0.6) is 5.88 Å². The van der Waals surface area contributed by atoms with Crippen molar-refractivity contribution >= 4 is 34.3 Å². The van der Waals surface area contributed by atoms with Gasteiger partial charge in [-0.3, -0.25) is 4.99 Å². The number of rotatable bonds is 4. The molecule has 4 rings (SSSR count). The van der Waals surface area contributed by atoms with Crippen LogP contribution in [0.2, 0.25) is 0 Å². The van der Waals surface area contributed by atoms with Gasteiger partial charge in [0.2, 0.25) is 0 Å². The molecule has 6 heteroatoms. The largest absolute Gasteiger partial charge is 0.494 e. The molecule has 0 unspecified atom stereocenters. The number of pyridine rings is 1. The fourth-order valence-corrected chi connectivity index (χ4v) is 3.33. The van der Waals surface area contributed by atoms with E-state index in [0.29, 0.717) is 16.9 Å². The van der Waals surface area contributed by atoms with Crippen LogP contribution in [0.4, 0.5) is 5.69 Å². The molecule has 124 valence electrons. The molecule has 0 aliphatic heterocycles. The van der Waals surface area contributed by atoms with Crippen molar-refractivity contribution in [1.82, 2.24) is 9.97 Å². The maximum Gasteiger partial charge on any atom is 0.199 e. The van der Waals surface area contributed by atoms with Crippen LogP contribution in [-0.2, 0) is 6.61 Å². The summed E-state index contributed by atoms with van der Waals surface area (Å²) in [6.07, 6.45) is 3.40. The zero-order valence-corrected chi connectivity index (χ0v) is 14.0. The quantitative estimate of drug-likeness (QED) is 0.482. The van der Waals surface area contributed by atoms with E-state index in [1.807, 2.05) is 35.7 Å². The third-order valence-corrected chi connectivity index (χ3v) is 4.64. The Hall–Kier alpha value is -2.96. The van der Waals surface area contributed by atoms with E-state index in [1.165, 1.54) is 0 Å². The van der Waals surface area contributed by atoms with Crippen molar-refractivity contribution in [2.24, 2.45) is 4.99 Å². The Morgan fingerprint density at radius 3 is 2.92 bits per heavy atom. The minimum Gasteiger partial charge on any atom is -0.494 e. The number of nitrogens with zero attached hydrogens (tertiary/aromatic N) is 2. The molecule has 3 heterocycles. The van der Waals surface area contributed by atoms with Gasteiger partial charge in [-0.25, -0.2) is 4.98 Å². The number of thiophene rings is 1. The molecule has 0 saturated carbocycles. The second-order valence-electron chi connectivity index (χ2n) is 5.61. The Kier molecular flexibility index (Phi) is 4.05. The lowest BCUT2D eigenvalue weighted by Gasteiger charge is -1.99. The lowest BCUT2D eigenvalue weighted by atomic mass is 10.1. The molecule has 25 heavy (non-hydrogen) atoms. The normalized spacial score (nSPS) is 11.6. The zero-order chi connectivity index (χ0) is 17.2. The molecule has 0 bridgehead atoms. The van der Waals surface area contributed by atoms with Crippen LogP contribution in [0.15, 0.2) is 58.3 Å². The first-order valence-corrected chi connectivity index (χ1v) is 8.66. The molecule has 0 amide bonds. The van der Waals surface area contributed by atoms with E-state index in [9.17, 15) is 10.2 Å². The first kappa shape index (κ1) is 15.6. The van der Waals surface area contributed by atoms with E-state index in [0.717, 1.165) is 22.1 Å². The molecular formula is C19H15N3O2S. The van der Waals surface area contributed by atoms with E-state index < -0.39 is 0 Å². The predicted molar refractivity (Wildman–Crippen MR) is 101 cm³/mol. The number of hydrogen-bond acceptors (Lipinski definition) is 5. The number of aliphatic hydroxyl groups is 1. The van der Waals surface area contributed by atoms with Gasteiger partial charge < -0.3 is 15.2 Å². The maximum absolute atomic E-state index is 10.2. The molecule has 0 spiro atoms. The Bertz CT molecular complexity index is 1050. The van der Waals surface area contributed by atoms with Crippen LogP contribution in [0, 0.1) is 0 Å². The van der Waals surface area contributed by atoms with Gasteiger partial charge in [0, 0.05) is 23.4 Å². The summed E-state index contributed by atoms with van der Waals surface area (Å²) in [7, 11) is 0. The standard InChI is InChI=1S/C19H15N3O2S/c23-10-12-2-1-3-15(6-12)20-9-17-16-7-14(13-4-5-25-11-13)8-21-18(16)22-19(17)24/h1-9,11,23-24H,10H2,(H,21,22). The summed E-state index contributed by atoms with van der Waals surface area (Å²) in [6, 6.07) is 11.3. The van der Waals surface area contributed by atoms with Gasteiger partial charge in [0.1, 0.15) is 5.65 Å². The minimum absolute atomic E-state index is 0.0321. The van der Waals surface area contributed by atoms with Gasteiger partial charge in [0.05, 0.1) is 17.9 Å². The van der Waals surface area contributed by atoms with Gasteiger partial charge >= 0.3 is 0 Å². The Balaban J connectivity index is 1.76. The number of benzene rings is 1. The fraction of sp³-hybridized carbons (Fsp3) is 0.0526. The first-order valence-electron chi connectivity index (χ1n) is 7.72. The first-order chi connectivity index (χ1) is 12.2. The van der Waals surface area contributed by atoms with E-state index in [4.69, 9.17) is 0 Å². The highest BCUT2D eigenvalue weighted by Crippen LogP contribution is 2.30. The summed E-state index contributed by atoms with van der Waals surface area (Å²) in [6.45, 7) is -0.0321. The zero-order valence-electron chi connectivity index (χ0n) is 13.2. The summed E-state index contributed by atoms with van der Waals surface area (Å²) in [5.74, 6) is 0.0343. The number of H-pyrrole nitrogens is 1. The second kappa shape index (κ2) is 6.51. The van der Waals surface area contributed by atoms with Crippen molar-refractivity contribution in [2.75, 3.05) is 0 Å². The molecule has 0 saturated heterocycles. The molecule has 0 fully saturated rings. The highest BCUT2D eigenvalue weighted by molar-refractivity contribution is 7.08. The molecule has 1 aromatic carbocycles. The number of aliphatic imine (C=N–C) groups is 1. The highest BCUT2D eigenvalue weighted by Gasteiger charge is 2.11. The molecule has 0 radical (unpaired) electrons.